The van der Waals surface area contributed by atoms with Crippen molar-refractivity contribution in [1.29, 1.82) is 0 Å². The van der Waals surface area contributed by atoms with E-state index in [-0.39, 0.29) is 40.1 Å². The van der Waals surface area contributed by atoms with Gasteiger partial charge in [-0.25, -0.2) is 18.0 Å². The van der Waals surface area contributed by atoms with Crippen molar-refractivity contribution in [2.75, 3.05) is 28.4 Å². The molecule has 10 nitrogen and oxygen atoms in total. The van der Waals surface area contributed by atoms with Crippen molar-refractivity contribution < 1.29 is 37.0 Å². The van der Waals surface area contributed by atoms with Crippen LogP contribution in [0, 0.1) is 6.92 Å². The molecule has 0 aliphatic heterocycles. The van der Waals surface area contributed by atoms with Gasteiger partial charge in [0.2, 0.25) is 9.84 Å². The van der Waals surface area contributed by atoms with Gasteiger partial charge in [0.05, 0.1) is 40.8 Å². The van der Waals surface area contributed by atoms with Crippen molar-refractivity contribution in [2.24, 2.45) is 0 Å². The van der Waals surface area contributed by atoms with E-state index in [1.54, 1.807) is 16.7 Å². The van der Waals surface area contributed by atoms with E-state index in [0.29, 0.717) is 5.69 Å². The van der Waals surface area contributed by atoms with E-state index in [0.717, 1.165) is 5.56 Å². The molecule has 0 radical (unpaired) electrons. The molecule has 0 fully saturated rings. The van der Waals surface area contributed by atoms with Crippen molar-refractivity contribution in [1.82, 2.24) is 9.13 Å². The highest BCUT2D eigenvalue weighted by Crippen LogP contribution is 2.32. The smallest absolute Gasteiger partial charge is 0.339 e. The Balaban J connectivity index is 2.33. The number of sulfone groups is 1. The lowest BCUT2D eigenvalue weighted by Crippen LogP contribution is -2.11. The standard InChI is InChI=1S/C25H28N2O8S/c1-17-6-8-21(9-7-17)36(30,31)23(22-11-19(25(29)35-5)14-27(22)16-33-3)12-20-10-18(24(28)34-4)13-26(20)15-32-2/h6-14H,15-16H2,1-5H3/b23-12+. The van der Waals surface area contributed by atoms with Crippen LogP contribution >= 0.6 is 0 Å². The first-order chi connectivity index (χ1) is 17.2. The molecule has 2 aromatic heterocycles. The van der Waals surface area contributed by atoms with E-state index < -0.39 is 21.8 Å². The summed E-state index contributed by atoms with van der Waals surface area (Å²) >= 11 is 0. The molecule has 0 spiro atoms. The summed E-state index contributed by atoms with van der Waals surface area (Å²) in [5, 5.41) is 0. The number of carbonyl (C=O) groups is 2. The molecule has 0 N–H and O–H groups in total. The highest BCUT2D eigenvalue weighted by atomic mass is 32.2. The summed E-state index contributed by atoms with van der Waals surface area (Å²) in [7, 11) is 1.30. The number of carbonyl (C=O) groups excluding carboxylic acids is 2. The fraction of sp³-hybridized carbons (Fsp3) is 0.280. The molecule has 36 heavy (non-hydrogen) atoms. The maximum atomic E-state index is 13.9. The highest BCUT2D eigenvalue weighted by Gasteiger charge is 2.28. The third-order valence-corrected chi connectivity index (χ3v) is 7.16. The first-order valence-corrected chi connectivity index (χ1v) is 12.2. The van der Waals surface area contributed by atoms with Crippen LogP contribution < -0.4 is 0 Å². The molecule has 0 saturated carbocycles. The second-order valence-corrected chi connectivity index (χ2v) is 9.77. The van der Waals surface area contributed by atoms with Crippen LogP contribution in [0.15, 0.2) is 53.7 Å². The van der Waals surface area contributed by atoms with Crippen LogP contribution in [-0.2, 0) is 42.2 Å². The number of methoxy groups -OCH3 is 4. The third-order valence-electron chi connectivity index (χ3n) is 5.36. The third kappa shape index (κ3) is 5.59. The van der Waals surface area contributed by atoms with Gasteiger partial charge in [-0.15, -0.1) is 0 Å². The van der Waals surface area contributed by atoms with Crippen LogP contribution in [-0.4, -0.2) is 57.9 Å². The zero-order chi connectivity index (χ0) is 26.5. The van der Waals surface area contributed by atoms with Crippen molar-refractivity contribution in [3.8, 4) is 0 Å². The van der Waals surface area contributed by atoms with Gasteiger partial charge in [-0.2, -0.15) is 0 Å². The molecule has 0 aliphatic carbocycles. The van der Waals surface area contributed by atoms with E-state index in [1.807, 2.05) is 6.92 Å². The highest BCUT2D eigenvalue weighted by molar-refractivity contribution is 8.00. The number of ether oxygens (including phenoxy) is 4. The molecule has 3 rings (SSSR count). The largest absolute Gasteiger partial charge is 0.465 e. The summed E-state index contributed by atoms with van der Waals surface area (Å²) in [6, 6.07) is 9.34. The average Bonchev–Trinajstić information content (AvgIpc) is 3.46. The van der Waals surface area contributed by atoms with E-state index >= 15 is 0 Å². The van der Waals surface area contributed by atoms with Crippen LogP contribution in [0.25, 0.3) is 11.0 Å². The summed E-state index contributed by atoms with van der Waals surface area (Å²) in [5.74, 6) is -1.22. The lowest BCUT2D eigenvalue weighted by molar-refractivity contribution is 0.0591. The number of rotatable bonds is 10. The predicted molar refractivity (Wildman–Crippen MR) is 132 cm³/mol. The van der Waals surface area contributed by atoms with E-state index in [1.165, 1.54) is 75.7 Å². The fourth-order valence-electron chi connectivity index (χ4n) is 3.59. The number of hydrogen-bond acceptors (Lipinski definition) is 8. The monoisotopic (exact) mass is 516 g/mol. The van der Waals surface area contributed by atoms with Gasteiger partial charge in [-0.3, -0.25) is 0 Å². The molecule has 192 valence electrons. The summed E-state index contributed by atoms with van der Waals surface area (Å²) in [4.78, 5) is 24.3. The fourth-order valence-corrected chi connectivity index (χ4v) is 5.06. The van der Waals surface area contributed by atoms with E-state index in [9.17, 15) is 18.0 Å². The summed E-state index contributed by atoms with van der Waals surface area (Å²) in [6.07, 6.45) is 4.38. The van der Waals surface area contributed by atoms with Crippen LogP contribution in [0.3, 0.4) is 0 Å². The Kier molecular flexibility index (Phi) is 8.51. The number of aryl methyl sites for hydroxylation is 1. The number of esters is 2. The van der Waals surface area contributed by atoms with Crippen LogP contribution in [0.2, 0.25) is 0 Å². The van der Waals surface area contributed by atoms with Crippen LogP contribution in [0.5, 0.6) is 0 Å². The average molecular weight is 517 g/mol. The SMILES string of the molecule is COCn1cc(C(=O)OC)cc1/C=C(\c1cc(C(=O)OC)cn1COC)S(=O)(=O)c1ccc(C)cc1. The first-order valence-electron chi connectivity index (χ1n) is 10.7. The Morgan fingerprint density at radius 2 is 1.36 bits per heavy atom. The molecular weight excluding hydrogens is 488 g/mol. The minimum Gasteiger partial charge on any atom is -0.465 e. The maximum absolute atomic E-state index is 13.9. The topological polar surface area (TPSA) is 115 Å². The molecule has 0 unspecified atom stereocenters. The Labute approximate surface area is 209 Å². The minimum absolute atomic E-state index is 0.0282. The summed E-state index contributed by atoms with van der Waals surface area (Å²) < 4.78 is 51.1. The Bertz CT molecular complexity index is 1380. The van der Waals surface area contributed by atoms with Crippen LogP contribution in [0.4, 0.5) is 0 Å². The molecule has 11 heteroatoms. The Morgan fingerprint density at radius 3 is 1.92 bits per heavy atom. The van der Waals surface area contributed by atoms with Gasteiger partial charge >= 0.3 is 11.9 Å². The van der Waals surface area contributed by atoms with Gasteiger partial charge in [-0.05, 0) is 37.3 Å². The molecule has 3 aromatic rings. The zero-order valence-corrected chi connectivity index (χ0v) is 21.5. The normalized spacial score (nSPS) is 12.0. The number of hydrogen-bond donors (Lipinski definition) is 0. The van der Waals surface area contributed by atoms with Crippen molar-refractivity contribution >= 4 is 32.8 Å². The predicted octanol–water partition coefficient (Wildman–Crippen LogP) is 3.35. The Hall–Kier alpha value is -3.67. The van der Waals surface area contributed by atoms with Gasteiger partial charge in [0, 0.05) is 32.3 Å². The molecule has 0 amide bonds. The second-order valence-electron chi connectivity index (χ2n) is 7.85. The molecule has 0 aliphatic rings. The minimum atomic E-state index is -4.11. The van der Waals surface area contributed by atoms with E-state index in [2.05, 4.69) is 0 Å². The molecule has 0 atom stereocenters. The molecule has 0 bridgehead atoms. The van der Waals surface area contributed by atoms with Crippen molar-refractivity contribution in [3.05, 3.63) is 76.9 Å². The Morgan fingerprint density at radius 1 is 0.833 bits per heavy atom. The van der Waals surface area contributed by atoms with Crippen molar-refractivity contribution in [2.45, 2.75) is 25.3 Å². The summed E-state index contributed by atoms with van der Waals surface area (Å²) in [5.41, 5.74) is 1.83. The molecular formula is C25H28N2O8S. The number of aromatic nitrogens is 2. The quantitative estimate of drug-likeness (QED) is 0.377. The van der Waals surface area contributed by atoms with Gasteiger partial charge in [0.15, 0.2) is 0 Å². The van der Waals surface area contributed by atoms with Crippen molar-refractivity contribution in [3.63, 3.8) is 0 Å². The first kappa shape index (κ1) is 26.9. The maximum Gasteiger partial charge on any atom is 0.339 e. The van der Waals surface area contributed by atoms with Gasteiger partial charge < -0.3 is 28.1 Å². The number of benzene rings is 1. The molecule has 1 aromatic carbocycles. The second kappa shape index (κ2) is 11.4. The van der Waals surface area contributed by atoms with Gasteiger partial charge in [0.25, 0.3) is 0 Å². The van der Waals surface area contributed by atoms with Crippen LogP contribution in [0.1, 0.15) is 37.7 Å². The lowest BCUT2D eigenvalue weighted by Gasteiger charge is -2.14. The van der Waals surface area contributed by atoms with Gasteiger partial charge in [0.1, 0.15) is 13.5 Å². The molecule has 0 saturated heterocycles. The zero-order valence-electron chi connectivity index (χ0n) is 20.7. The number of nitrogens with zero attached hydrogens (tertiary/aromatic N) is 2. The summed E-state index contributed by atoms with van der Waals surface area (Å²) in [6.45, 7) is 1.87. The lowest BCUT2D eigenvalue weighted by atomic mass is 10.2. The molecule has 2 heterocycles. The van der Waals surface area contributed by atoms with Gasteiger partial charge in [-0.1, -0.05) is 17.7 Å². The van der Waals surface area contributed by atoms with E-state index in [4.69, 9.17) is 18.9 Å².